The molecule has 1 amide bonds. The lowest BCUT2D eigenvalue weighted by Gasteiger charge is -2.14. The number of ether oxygens (including phenoxy) is 1. The number of carbonyl (C=O) groups is 1. The first-order chi connectivity index (χ1) is 9.38. The molecule has 0 bridgehead atoms. The van der Waals surface area contributed by atoms with Gasteiger partial charge in [0, 0.05) is 0 Å². The molecule has 0 saturated heterocycles. The number of rotatable bonds is 7. The van der Waals surface area contributed by atoms with Crippen LogP contribution in [-0.2, 0) is 4.79 Å². The van der Waals surface area contributed by atoms with Gasteiger partial charge in [0.15, 0.2) is 0 Å². The van der Waals surface area contributed by atoms with Crippen LogP contribution < -0.4 is 15.8 Å². The third kappa shape index (κ3) is 7.93. The van der Waals surface area contributed by atoms with E-state index in [4.69, 9.17) is 10.5 Å². The van der Waals surface area contributed by atoms with E-state index in [1.54, 1.807) is 0 Å². The molecular weight excluding hydrogens is 288 g/mol. The van der Waals surface area contributed by atoms with Crippen molar-refractivity contribution in [2.45, 2.75) is 40.2 Å². The third-order valence-corrected chi connectivity index (χ3v) is 2.93. The molecule has 4 nitrogen and oxygen atoms in total. The predicted molar refractivity (Wildman–Crippen MR) is 89.1 cm³/mol. The molecule has 0 aliphatic heterocycles. The Morgan fingerprint density at radius 1 is 1.24 bits per heavy atom. The van der Waals surface area contributed by atoms with Gasteiger partial charge < -0.3 is 15.8 Å². The minimum absolute atomic E-state index is 0. The number of aryl methyl sites for hydroxylation is 2. The summed E-state index contributed by atoms with van der Waals surface area (Å²) in [5.41, 5.74) is 8.14. The molecular formula is C16H27ClN2O2. The van der Waals surface area contributed by atoms with Crippen molar-refractivity contribution < 1.29 is 9.53 Å². The number of amides is 1. The summed E-state index contributed by atoms with van der Waals surface area (Å²) >= 11 is 0. The zero-order valence-electron chi connectivity index (χ0n) is 13.3. The minimum atomic E-state index is -0.434. The van der Waals surface area contributed by atoms with Gasteiger partial charge in [-0.1, -0.05) is 19.9 Å². The van der Waals surface area contributed by atoms with Gasteiger partial charge in [0.25, 0.3) is 0 Å². The van der Waals surface area contributed by atoms with Gasteiger partial charge in [-0.3, -0.25) is 4.79 Å². The van der Waals surface area contributed by atoms with E-state index in [1.165, 1.54) is 11.1 Å². The first-order valence-electron chi connectivity index (χ1n) is 7.13. The maximum absolute atomic E-state index is 11.7. The van der Waals surface area contributed by atoms with Gasteiger partial charge in [0.2, 0.25) is 5.91 Å². The molecule has 0 saturated carbocycles. The summed E-state index contributed by atoms with van der Waals surface area (Å²) in [6, 6.07) is 5.63. The highest BCUT2D eigenvalue weighted by Gasteiger charge is 2.13. The van der Waals surface area contributed by atoms with Crippen molar-refractivity contribution in [2.75, 3.05) is 13.2 Å². The van der Waals surface area contributed by atoms with Crippen molar-refractivity contribution in [1.82, 2.24) is 5.32 Å². The Balaban J connectivity index is 0.00000400. The van der Waals surface area contributed by atoms with Crippen LogP contribution >= 0.6 is 12.4 Å². The molecule has 0 spiro atoms. The fourth-order valence-corrected chi connectivity index (χ4v) is 2.11. The zero-order valence-corrected chi connectivity index (χ0v) is 14.1. The number of halogens is 1. The molecule has 1 atom stereocenters. The monoisotopic (exact) mass is 314 g/mol. The van der Waals surface area contributed by atoms with Gasteiger partial charge in [-0.25, -0.2) is 0 Å². The number of hydrogen-bond donors (Lipinski definition) is 2. The van der Waals surface area contributed by atoms with Gasteiger partial charge in [-0.2, -0.15) is 0 Å². The van der Waals surface area contributed by atoms with Gasteiger partial charge >= 0.3 is 0 Å². The summed E-state index contributed by atoms with van der Waals surface area (Å²) in [5, 5.41) is 2.80. The molecule has 1 aromatic carbocycles. The van der Waals surface area contributed by atoms with Gasteiger partial charge in [-0.05, 0) is 49.4 Å². The van der Waals surface area contributed by atoms with Crippen LogP contribution in [0.1, 0.15) is 31.4 Å². The van der Waals surface area contributed by atoms with E-state index in [0.29, 0.717) is 25.5 Å². The molecule has 21 heavy (non-hydrogen) atoms. The number of nitrogens with two attached hydrogens (primary N) is 1. The Kier molecular flexibility index (Phi) is 9.06. The maximum atomic E-state index is 11.7. The number of hydrogen-bond acceptors (Lipinski definition) is 3. The average Bonchev–Trinajstić information content (AvgIpc) is 2.32. The van der Waals surface area contributed by atoms with E-state index in [-0.39, 0.29) is 18.3 Å². The summed E-state index contributed by atoms with van der Waals surface area (Å²) in [6.45, 7) is 9.09. The smallest absolute Gasteiger partial charge is 0.237 e. The number of benzene rings is 1. The first-order valence-corrected chi connectivity index (χ1v) is 7.13. The molecule has 120 valence electrons. The Hall–Kier alpha value is -1.26. The Bertz CT molecular complexity index is 430. The average molecular weight is 315 g/mol. The highest BCUT2D eigenvalue weighted by atomic mass is 35.5. The van der Waals surface area contributed by atoms with Crippen molar-refractivity contribution in [3.63, 3.8) is 0 Å². The van der Waals surface area contributed by atoms with Crippen LogP contribution in [0.5, 0.6) is 5.75 Å². The summed E-state index contributed by atoms with van der Waals surface area (Å²) in [4.78, 5) is 11.7. The van der Waals surface area contributed by atoms with E-state index < -0.39 is 6.04 Å². The Labute approximate surface area is 133 Å². The van der Waals surface area contributed by atoms with Crippen molar-refractivity contribution in [3.05, 3.63) is 29.3 Å². The van der Waals surface area contributed by atoms with Gasteiger partial charge in [0.05, 0.1) is 12.6 Å². The van der Waals surface area contributed by atoms with Crippen molar-refractivity contribution >= 4 is 18.3 Å². The fourth-order valence-electron chi connectivity index (χ4n) is 2.11. The van der Waals surface area contributed by atoms with Crippen molar-refractivity contribution in [3.8, 4) is 5.75 Å². The quantitative estimate of drug-likeness (QED) is 0.760. The summed E-state index contributed by atoms with van der Waals surface area (Å²) in [7, 11) is 0. The molecule has 0 heterocycles. The molecule has 0 fully saturated rings. The van der Waals surface area contributed by atoms with Crippen LogP contribution in [-0.4, -0.2) is 25.1 Å². The van der Waals surface area contributed by atoms with Crippen LogP contribution in [0.15, 0.2) is 18.2 Å². The Morgan fingerprint density at radius 2 is 1.81 bits per heavy atom. The lowest BCUT2D eigenvalue weighted by atomic mass is 10.0. The van der Waals surface area contributed by atoms with Crippen molar-refractivity contribution in [2.24, 2.45) is 11.7 Å². The van der Waals surface area contributed by atoms with E-state index in [9.17, 15) is 4.79 Å². The number of nitrogens with one attached hydrogen (secondary N) is 1. The standard InChI is InChI=1S/C16H26N2O2.ClH/c1-11(2)7-15(17)16(19)18-5-6-20-14-9-12(3)8-13(4)10-14;/h8-11,15H,5-7,17H2,1-4H3,(H,18,19);1H/t15-;/m0./s1. The normalized spacial score (nSPS) is 11.7. The molecule has 1 rings (SSSR count). The van der Waals surface area contributed by atoms with Crippen LogP contribution in [0.2, 0.25) is 0 Å². The van der Waals surface area contributed by atoms with E-state index in [2.05, 4.69) is 25.2 Å². The molecule has 0 unspecified atom stereocenters. The molecule has 1 aromatic rings. The predicted octanol–water partition coefficient (Wildman–Crippen LogP) is 2.59. The number of carbonyl (C=O) groups excluding carboxylic acids is 1. The lowest BCUT2D eigenvalue weighted by molar-refractivity contribution is -0.122. The van der Waals surface area contributed by atoms with Crippen LogP contribution in [0, 0.1) is 19.8 Å². The summed E-state index contributed by atoms with van der Waals surface area (Å²) in [6.07, 6.45) is 0.698. The topological polar surface area (TPSA) is 64.3 Å². The van der Waals surface area contributed by atoms with Gasteiger partial charge in [-0.15, -0.1) is 12.4 Å². The van der Waals surface area contributed by atoms with E-state index >= 15 is 0 Å². The molecule has 0 aromatic heterocycles. The van der Waals surface area contributed by atoms with E-state index in [0.717, 1.165) is 5.75 Å². The largest absolute Gasteiger partial charge is 0.492 e. The first kappa shape index (κ1) is 19.7. The summed E-state index contributed by atoms with van der Waals surface area (Å²) in [5.74, 6) is 1.15. The highest BCUT2D eigenvalue weighted by molar-refractivity contribution is 5.85. The molecule has 0 radical (unpaired) electrons. The highest BCUT2D eigenvalue weighted by Crippen LogP contribution is 2.15. The van der Waals surface area contributed by atoms with Crippen LogP contribution in [0.4, 0.5) is 0 Å². The van der Waals surface area contributed by atoms with Gasteiger partial charge in [0.1, 0.15) is 12.4 Å². The molecule has 3 N–H and O–H groups in total. The third-order valence-electron chi connectivity index (χ3n) is 2.93. The second kappa shape index (κ2) is 9.64. The summed E-state index contributed by atoms with van der Waals surface area (Å²) < 4.78 is 5.62. The van der Waals surface area contributed by atoms with Crippen molar-refractivity contribution in [1.29, 1.82) is 0 Å². The molecule has 0 aliphatic rings. The second-order valence-electron chi connectivity index (χ2n) is 5.70. The maximum Gasteiger partial charge on any atom is 0.237 e. The minimum Gasteiger partial charge on any atom is -0.492 e. The fraction of sp³-hybridized carbons (Fsp3) is 0.562. The molecule has 5 heteroatoms. The van der Waals surface area contributed by atoms with E-state index in [1.807, 2.05) is 26.0 Å². The second-order valence-corrected chi connectivity index (χ2v) is 5.70. The Morgan fingerprint density at radius 3 is 2.33 bits per heavy atom. The molecule has 0 aliphatic carbocycles. The van der Waals surface area contributed by atoms with Crippen LogP contribution in [0.3, 0.4) is 0 Å². The lowest BCUT2D eigenvalue weighted by Crippen LogP contribution is -2.42. The zero-order chi connectivity index (χ0) is 15.1. The SMILES string of the molecule is Cc1cc(C)cc(OCCNC(=O)[C@@H](N)CC(C)C)c1.Cl. The van der Waals surface area contributed by atoms with Crippen LogP contribution in [0.25, 0.3) is 0 Å².